The van der Waals surface area contributed by atoms with E-state index in [4.69, 9.17) is 0 Å². The Labute approximate surface area is 179 Å². The van der Waals surface area contributed by atoms with Crippen molar-refractivity contribution in [3.05, 3.63) is 72.6 Å². The van der Waals surface area contributed by atoms with Crippen molar-refractivity contribution < 1.29 is 4.79 Å². The maximum absolute atomic E-state index is 12.4. The normalized spacial score (nSPS) is 10.9. The molecular weight excluding hydrogens is 396 g/mol. The zero-order valence-corrected chi connectivity index (χ0v) is 17.6. The summed E-state index contributed by atoms with van der Waals surface area (Å²) in [7, 11) is 0. The van der Waals surface area contributed by atoms with Crippen LogP contribution in [0.25, 0.3) is 17.1 Å². The zero-order valence-electron chi connectivity index (χ0n) is 16.8. The Kier molecular flexibility index (Phi) is 5.94. The van der Waals surface area contributed by atoms with Crippen LogP contribution in [-0.4, -0.2) is 36.2 Å². The van der Waals surface area contributed by atoms with Crippen molar-refractivity contribution >= 4 is 23.4 Å². The Morgan fingerprint density at radius 2 is 1.87 bits per heavy atom. The first kappa shape index (κ1) is 19.9. The zero-order chi connectivity index (χ0) is 20.9. The maximum atomic E-state index is 12.4. The van der Waals surface area contributed by atoms with Gasteiger partial charge in [-0.1, -0.05) is 36.0 Å². The van der Waals surface area contributed by atoms with Gasteiger partial charge in [0.25, 0.3) is 0 Å². The number of carbonyl (C=O) groups is 1. The number of benzene rings is 2. The Hall–Kier alpha value is -3.39. The number of aryl methyl sites for hydroxylation is 1. The predicted molar refractivity (Wildman–Crippen MR) is 119 cm³/mol. The lowest BCUT2D eigenvalue weighted by atomic mass is 10.1. The predicted octanol–water partition coefficient (Wildman–Crippen LogP) is 4.19. The number of hydrogen-bond acceptors (Lipinski definition) is 5. The third-order valence-corrected chi connectivity index (χ3v) is 5.64. The van der Waals surface area contributed by atoms with Gasteiger partial charge in [0.05, 0.1) is 11.4 Å². The van der Waals surface area contributed by atoms with Gasteiger partial charge in [0, 0.05) is 30.2 Å². The third kappa shape index (κ3) is 4.28. The Bertz CT molecular complexity index is 1130. The molecule has 0 aliphatic rings. The average Bonchev–Trinajstić information content (AvgIpc) is 3.43. The van der Waals surface area contributed by atoms with Crippen LogP contribution < -0.4 is 5.32 Å². The highest BCUT2D eigenvalue weighted by Gasteiger charge is 2.15. The van der Waals surface area contributed by atoms with Crippen molar-refractivity contribution in [3.8, 4) is 17.1 Å². The van der Waals surface area contributed by atoms with E-state index in [1.165, 1.54) is 11.8 Å². The summed E-state index contributed by atoms with van der Waals surface area (Å²) in [5, 5.41) is 16.5. The summed E-state index contributed by atoms with van der Waals surface area (Å²) in [6, 6.07) is 17.5. The van der Waals surface area contributed by atoms with E-state index in [-0.39, 0.29) is 11.7 Å². The maximum Gasteiger partial charge on any atom is 0.234 e. The van der Waals surface area contributed by atoms with Crippen molar-refractivity contribution in [2.45, 2.75) is 25.5 Å². The first-order valence-electron chi connectivity index (χ1n) is 9.67. The van der Waals surface area contributed by atoms with Crippen LogP contribution in [0.1, 0.15) is 12.5 Å². The molecule has 0 aliphatic carbocycles. The summed E-state index contributed by atoms with van der Waals surface area (Å²) in [4.78, 5) is 12.4. The van der Waals surface area contributed by atoms with Crippen LogP contribution in [0.15, 0.2) is 72.1 Å². The molecule has 0 atom stereocenters. The van der Waals surface area contributed by atoms with Crippen molar-refractivity contribution in [2.75, 3.05) is 11.1 Å². The first-order chi connectivity index (χ1) is 14.7. The van der Waals surface area contributed by atoms with Crippen LogP contribution >= 0.6 is 11.8 Å². The van der Waals surface area contributed by atoms with Gasteiger partial charge >= 0.3 is 0 Å². The van der Waals surface area contributed by atoms with Gasteiger partial charge in [-0.15, -0.1) is 10.2 Å². The molecular formula is C22H22N6OS. The summed E-state index contributed by atoms with van der Waals surface area (Å²) in [5.41, 5.74) is 3.88. The standard InChI is InChI=1S/C22H22N6OS/c1-3-27-21(19-8-5-4-7-16(19)2)25-26-22(27)30-15-20(29)24-17-9-11-18(12-10-17)28-14-6-13-23-28/h4-14H,3,15H2,1-2H3,(H,24,29). The summed E-state index contributed by atoms with van der Waals surface area (Å²) in [5.74, 6) is 0.995. The molecule has 8 heteroatoms. The molecule has 2 aromatic heterocycles. The van der Waals surface area contributed by atoms with Gasteiger partial charge in [0.15, 0.2) is 11.0 Å². The molecule has 0 radical (unpaired) electrons. The minimum absolute atomic E-state index is 0.0880. The van der Waals surface area contributed by atoms with E-state index in [1.54, 1.807) is 10.9 Å². The second-order valence-electron chi connectivity index (χ2n) is 6.70. The highest BCUT2D eigenvalue weighted by Crippen LogP contribution is 2.26. The minimum atomic E-state index is -0.0880. The van der Waals surface area contributed by atoms with E-state index in [0.717, 1.165) is 40.0 Å². The molecule has 1 N–H and O–H groups in total. The van der Waals surface area contributed by atoms with Crippen molar-refractivity contribution in [2.24, 2.45) is 0 Å². The number of carbonyl (C=O) groups excluding carboxylic acids is 1. The molecule has 0 saturated heterocycles. The number of nitrogens with one attached hydrogen (secondary N) is 1. The van der Waals surface area contributed by atoms with E-state index in [9.17, 15) is 4.79 Å². The van der Waals surface area contributed by atoms with Crippen molar-refractivity contribution in [1.82, 2.24) is 24.5 Å². The SMILES string of the molecule is CCn1c(SCC(=O)Nc2ccc(-n3cccn3)cc2)nnc1-c1ccccc1C. The molecule has 0 spiro atoms. The van der Waals surface area contributed by atoms with E-state index in [0.29, 0.717) is 0 Å². The quantitative estimate of drug-likeness (QED) is 0.455. The van der Waals surface area contributed by atoms with E-state index >= 15 is 0 Å². The molecule has 0 fully saturated rings. The summed E-state index contributed by atoms with van der Waals surface area (Å²) >= 11 is 1.38. The van der Waals surface area contributed by atoms with Crippen molar-refractivity contribution in [1.29, 1.82) is 0 Å². The summed E-state index contributed by atoms with van der Waals surface area (Å²) in [6.07, 6.45) is 3.60. The molecule has 2 heterocycles. The Balaban J connectivity index is 1.40. The van der Waals surface area contributed by atoms with Crippen molar-refractivity contribution in [3.63, 3.8) is 0 Å². The van der Waals surface area contributed by atoms with Crippen LogP contribution in [-0.2, 0) is 11.3 Å². The summed E-state index contributed by atoms with van der Waals surface area (Å²) in [6.45, 7) is 4.84. The van der Waals surface area contributed by atoms with E-state index in [2.05, 4.69) is 40.5 Å². The van der Waals surface area contributed by atoms with Gasteiger partial charge in [-0.3, -0.25) is 4.79 Å². The Morgan fingerprint density at radius 3 is 2.57 bits per heavy atom. The van der Waals surface area contributed by atoms with Gasteiger partial charge in [-0.2, -0.15) is 5.10 Å². The average molecular weight is 419 g/mol. The number of thioether (sulfide) groups is 1. The monoisotopic (exact) mass is 418 g/mol. The smallest absolute Gasteiger partial charge is 0.234 e. The number of anilines is 1. The number of hydrogen-bond donors (Lipinski definition) is 1. The fourth-order valence-electron chi connectivity index (χ4n) is 3.15. The lowest BCUT2D eigenvalue weighted by Gasteiger charge is -2.09. The number of amides is 1. The van der Waals surface area contributed by atoms with Gasteiger partial charge in [-0.25, -0.2) is 4.68 Å². The second-order valence-corrected chi connectivity index (χ2v) is 7.64. The minimum Gasteiger partial charge on any atom is -0.325 e. The highest BCUT2D eigenvalue weighted by molar-refractivity contribution is 7.99. The lowest BCUT2D eigenvalue weighted by Crippen LogP contribution is -2.14. The topological polar surface area (TPSA) is 77.6 Å². The molecule has 7 nitrogen and oxygen atoms in total. The van der Waals surface area contributed by atoms with E-state index < -0.39 is 0 Å². The molecule has 0 bridgehead atoms. The van der Waals surface area contributed by atoms with Crippen LogP contribution in [0, 0.1) is 6.92 Å². The van der Waals surface area contributed by atoms with Crippen LogP contribution in [0.2, 0.25) is 0 Å². The number of nitrogens with zero attached hydrogens (tertiary/aromatic N) is 5. The van der Waals surface area contributed by atoms with Crippen LogP contribution in [0.4, 0.5) is 5.69 Å². The molecule has 0 saturated carbocycles. The fraction of sp³-hybridized carbons (Fsp3) is 0.182. The number of aromatic nitrogens is 5. The van der Waals surface area contributed by atoms with Crippen LogP contribution in [0.5, 0.6) is 0 Å². The molecule has 152 valence electrons. The lowest BCUT2D eigenvalue weighted by molar-refractivity contribution is -0.113. The van der Waals surface area contributed by atoms with Gasteiger partial charge in [0.1, 0.15) is 0 Å². The third-order valence-electron chi connectivity index (χ3n) is 4.67. The largest absolute Gasteiger partial charge is 0.325 e. The van der Waals surface area contributed by atoms with Gasteiger partial charge in [0.2, 0.25) is 5.91 Å². The first-order valence-corrected chi connectivity index (χ1v) is 10.7. The van der Waals surface area contributed by atoms with Crippen LogP contribution in [0.3, 0.4) is 0 Å². The molecule has 30 heavy (non-hydrogen) atoms. The van der Waals surface area contributed by atoms with E-state index in [1.807, 2.05) is 59.3 Å². The molecule has 0 unspecified atom stereocenters. The van der Waals surface area contributed by atoms with Gasteiger partial charge < -0.3 is 9.88 Å². The molecule has 4 rings (SSSR count). The van der Waals surface area contributed by atoms with Gasteiger partial charge in [-0.05, 0) is 49.7 Å². The molecule has 2 aromatic carbocycles. The molecule has 4 aromatic rings. The number of rotatable bonds is 7. The second kappa shape index (κ2) is 8.96. The molecule has 0 aliphatic heterocycles. The molecule has 1 amide bonds. The summed E-state index contributed by atoms with van der Waals surface area (Å²) < 4.78 is 3.81. The Morgan fingerprint density at radius 1 is 1.07 bits per heavy atom. The highest BCUT2D eigenvalue weighted by atomic mass is 32.2. The fourth-order valence-corrected chi connectivity index (χ4v) is 3.95.